The van der Waals surface area contributed by atoms with Crippen molar-refractivity contribution in [1.82, 2.24) is 4.90 Å². The second kappa shape index (κ2) is 4.84. The first kappa shape index (κ1) is 12.0. The Kier molecular flexibility index (Phi) is 3.43. The van der Waals surface area contributed by atoms with Gasteiger partial charge >= 0.3 is 0 Å². The van der Waals surface area contributed by atoms with E-state index in [4.69, 9.17) is 0 Å². The maximum Gasteiger partial charge on any atom is 0.152 e. The maximum absolute atomic E-state index is 13.8. The first-order chi connectivity index (χ1) is 8.13. The Bertz CT molecular complexity index is 420. The van der Waals surface area contributed by atoms with Crippen LogP contribution < -0.4 is 4.90 Å². The van der Waals surface area contributed by atoms with Gasteiger partial charge in [-0.15, -0.1) is 0 Å². The molecule has 0 spiro atoms. The summed E-state index contributed by atoms with van der Waals surface area (Å²) < 4.78 is 13.8. The van der Waals surface area contributed by atoms with Gasteiger partial charge in [0, 0.05) is 24.7 Å². The number of aldehydes is 1. The van der Waals surface area contributed by atoms with Crippen molar-refractivity contribution in [2.45, 2.75) is 12.5 Å². The summed E-state index contributed by atoms with van der Waals surface area (Å²) in [6.07, 6.45) is 1.72. The Morgan fingerprint density at radius 1 is 1.47 bits per heavy atom. The van der Waals surface area contributed by atoms with Gasteiger partial charge in [0.05, 0.1) is 5.69 Å². The van der Waals surface area contributed by atoms with Crippen LogP contribution in [0.1, 0.15) is 16.8 Å². The van der Waals surface area contributed by atoms with Gasteiger partial charge in [-0.3, -0.25) is 4.79 Å². The highest BCUT2D eigenvalue weighted by Gasteiger charge is 2.27. The van der Waals surface area contributed by atoms with E-state index < -0.39 is 0 Å². The SMILES string of the molecule is CN(C)[C@H]1CCN(c2c(F)cccc2C=O)C1. The normalized spacial score (nSPS) is 20.0. The van der Waals surface area contributed by atoms with E-state index in [1.165, 1.54) is 6.07 Å². The molecular formula is C13H17FN2O. The van der Waals surface area contributed by atoms with Crippen LogP contribution in [0.2, 0.25) is 0 Å². The van der Waals surface area contributed by atoms with Gasteiger partial charge in [0.1, 0.15) is 5.82 Å². The fourth-order valence-corrected chi connectivity index (χ4v) is 2.33. The van der Waals surface area contributed by atoms with Crippen molar-refractivity contribution in [3.63, 3.8) is 0 Å². The molecule has 0 aromatic heterocycles. The number of hydrogen-bond donors (Lipinski definition) is 0. The zero-order valence-corrected chi connectivity index (χ0v) is 10.2. The predicted molar refractivity (Wildman–Crippen MR) is 66.1 cm³/mol. The van der Waals surface area contributed by atoms with E-state index in [0.717, 1.165) is 25.8 Å². The van der Waals surface area contributed by atoms with E-state index in [0.29, 0.717) is 17.3 Å². The first-order valence-electron chi connectivity index (χ1n) is 5.78. The van der Waals surface area contributed by atoms with Gasteiger partial charge in [-0.25, -0.2) is 4.39 Å². The van der Waals surface area contributed by atoms with Gasteiger partial charge < -0.3 is 9.80 Å². The lowest BCUT2D eigenvalue weighted by Crippen LogP contribution is -2.32. The molecule has 1 fully saturated rings. The molecule has 0 aliphatic carbocycles. The largest absolute Gasteiger partial charge is 0.367 e. The van der Waals surface area contributed by atoms with Crippen LogP contribution in [0.25, 0.3) is 0 Å². The summed E-state index contributed by atoms with van der Waals surface area (Å²) in [6.45, 7) is 1.57. The number of carbonyl (C=O) groups excluding carboxylic acids is 1. The molecule has 0 N–H and O–H groups in total. The number of benzene rings is 1. The molecule has 1 aromatic carbocycles. The molecule has 4 heteroatoms. The number of para-hydroxylation sites is 1. The second-order valence-electron chi connectivity index (χ2n) is 4.65. The Hall–Kier alpha value is -1.42. The number of nitrogens with zero attached hydrogens (tertiary/aromatic N) is 2. The van der Waals surface area contributed by atoms with Crippen LogP contribution >= 0.6 is 0 Å². The van der Waals surface area contributed by atoms with Gasteiger partial charge in [-0.2, -0.15) is 0 Å². The average molecular weight is 236 g/mol. The number of halogens is 1. The lowest BCUT2D eigenvalue weighted by Gasteiger charge is -2.23. The molecular weight excluding hydrogens is 219 g/mol. The number of likely N-dealkylation sites (N-methyl/N-ethyl adjacent to an activating group) is 1. The Balaban J connectivity index is 2.27. The number of carbonyl (C=O) groups is 1. The van der Waals surface area contributed by atoms with Gasteiger partial charge in [0.2, 0.25) is 0 Å². The highest BCUT2D eigenvalue weighted by Crippen LogP contribution is 2.27. The molecule has 3 nitrogen and oxygen atoms in total. The molecule has 1 aliphatic rings. The van der Waals surface area contributed by atoms with Gasteiger partial charge in [0.25, 0.3) is 0 Å². The summed E-state index contributed by atoms with van der Waals surface area (Å²) in [5.41, 5.74) is 0.885. The molecule has 0 unspecified atom stereocenters. The first-order valence-corrected chi connectivity index (χ1v) is 5.78. The van der Waals surface area contributed by atoms with Gasteiger partial charge in [-0.1, -0.05) is 6.07 Å². The predicted octanol–water partition coefficient (Wildman–Crippen LogP) is 1.78. The van der Waals surface area contributed by atoms with Crippen LogP contribution in [0.4, 0.5) is 10.1 Å². The van der Waals surface area contributed by atoms with E-state index in [9.17, 15) is 9.18 Å². The minimum Gasteiger partial charge on any atom is -0.367 e. The van der Waals surface area contributed by atoms with Crippen LogP contribution in [-0.4, -0.2) is 44.4 Å². The molecule has 17 heavy (non-hydrogen) atoms. The van der Waals surface area contributed by atoms with Crippen molar-refractivity contribution in [1.29, 1.82) is 0 Å². The van der Waals surface area contributed by atoms with Crippen LogP contribution in [-0.2, 0) is 0 Å². The molecule has 2 rings (SSSR count). The topological polar surface area (TPSA) is 23.6 Å². The lowest BCUT2D eigenvalue weighted by atomic mass is 10.1. The summed E-state index contributed by atoms with van der Waals surface area (Å²) in [5.74, 6) is -0.311. The number of hydrogen-bond acceptors (Lipinski definition) is 3. The van der Waals surface area contributed by atoms with Crippen LogP contribution in [0, 0.1) is 5.82 Å². The van der Waals surface area contributed by atoms with Crippen LogP contribution in [0.15, 0.2) is 18.2 Å². The highest BCUT2D eigenvalue weighted by atomic mass is 19.1. The zero-order chi connectivity index (χ0) is 12.4. The lowest BCUT2D eigenvalue weighted by molar-refractivity contribution is 0.112. The third-order valence-electron chi connectivity index (χ3n) is 3.35. The Morgan fingerprint density at radius 3 is 2.82 bits per heavy atom. The summed E-state index contributed by atoms with van der Waals surface area (Å²) in [5, 5.41) is 0. The smallest absolute Gasteiger partial charge is 0.152 e. The van der Waals surface area contributed by atoms with Crippen LogP contribution in [0.3, 0.4) is 0 Å². The second-order valence-corrected chi connectivity index (χ2v) is 4.65. The fourth-order valence-electron chi connectivity index (χ4n) is 2.33. The standard InChI is InChI=1S/C13H17FN2O/c1-15(2)11-6-7-16(8-11)13-10(9-17)4-3-5-12(13)14/h3-5,9,11H,6-8H2,1-2H3/t11-/m0/s1. The summed E-state index contributed by atoms with van der Waals surface area (Å²) in [7, 11) is 4.05. The third kappa shape index (κ3) is 2.31. The monoisotopic (exact) mass is 236 g/mol. The molecule has 1 atom stereocenters. The minimum absolute atomic E-state index is 0.311. The molecule has 1 heterocycles. The fraction of sp³-hybridized carbons (Fsp3) is 0.462. The van der Waals surface area contributed by atoms with Crippen molar-refractivity contribution < 1.29 is 9.18 Å². The van der Waals surface area contributed by atoms with E-state index in [-0.39, 0.29) is 5.82 Å². The molecule has 1 aromatic rings. The summed E-state index contributed by atoms with van der Waals surface area (Å²) in [4.78, 5) is 15.1. The zero-order valence-electron chi connectivity index (χ0n) is 10.2. The number of rotatable bonds is 3. The molecule has 0 radical (unpaired) electrons. The van der Waals surface area contributed by atoms with Crippen molar-refractivity contribution in [3.8, 4) is 0 Å². The van der Waals surface area contributed by atoms with Crippen molar-refractivity contribution >= 4 is 12.0 Å². The highest BCUT2D eigenvalue weighted by molar-refractivity contribution is 5.85. The molecule has 0 bridgehead atoms. The van der Waals surface area contributed by atoms with E-state index in [2.05, 4.69) is 4.90 Å². The molecule has 1 aliphatic heterocycles. The minimum atomic E-state index is -0.311. The molecule has 92 valence electrons. The van der Waals surface area contributed by atoms with E-state index in [1.54, 1.807) is 12.1 Å². The summed E-state index contributed by atoms with van der Waals surface area (Å²) >= 11 is 0. The van der Waals surface area contributed by atoms with E-state index >= 15 is 0 Å². The number of anilines is 1. The van der Waals surface area contributed by atoms with Gasteiger partial charge in [0.15, 0.2) is 6.29 Å². The maximum atomic E-state index is 13.8. The average Bonchev–Trinajstić information content (AvgIpc) is 2.77. The van der Waals surface area contributed by atoms with Crippen LogP contribution in [0.5, 0.6) is 0 Å². The van der Waals surface area contributed by atoms with Crippen molar-refractivity contribution in [3.05, 3.63) is 29.6 Å². The Labute approximate surface area is 101 Å². The molecule has 0 amide bonds. The third-order valence-corrected chi connectivity index (χ3v) is 3.35. The van der Waals surface area contributed by atoms with Gasteiger partial charge in [-0.05, 0) is 32.6 Å². The van der Waals surface area contributed by atoms with E-state index in [1.807, 2.05) is 19.0 Å². The molecule has 1 saturated heterocycles. The quantitative estimate of drug-likeness (QED) is 0.747. The Morgan fingerprint density at radius 2 is 2.24 bits per heavy atom. The van der Waals surface area contributed by atoms with Crippen molar-refractivity contribution in [2.75, 3.05) is 32.1 Å². The summed E-state index contributed by atoms with van der Waals surface area (Å²) in [6, 6.07) is 5.07. The molecule has 0 saturated carbocycles. The van der Waals surface area contributed by atoms with Crippen molar-refractivity contribution in [2.24, 2.45) is 0 Å².